The molecule has 0 aliphatic carbocycles. The first kappa shape index (κ1) is 22.6. The summed E-state index contributed by atoms with van der Waals surface area (Å²) in [5, 5.41) is 0. The highest BCUT2D eigenvalue weighted by Gasteiger charge is 2.38. The van der Waals surface area contributed by atoms with Crippen LogP contribution in [0.15, 0.2) is 23.1 Å². The number of ether oxygens (including phenoxy) is 2. The minimum absolute atomic E-state index is 0. The number of carbonyl (C=O) groups excluding carboxylic acids is 1. The first-order valence-electron chi connectivity index (χ1n) is 7.22. The number of morpholine rings is 1. The van der Waals surface area contributed by atoms with Gasteiger partial charge >= 0.3 is 12.1 Å². The van der Waals surface area contributed by atoms with Crippen LogP contribution in [0.25, 0.3) is 0 Å². The van der Waals surface area contributed by atoms with Crippen molar-refractivity contribution in [2.24, 2.45) is 5.73 Å². The van der Waals surface area contributed by atoms with Gasteiger partial charge in [-0.3, -0.25) is 0 Å². The quantitative estimate of drug-likeness (QED) is 0.739. The van der Waals surface area contributed by atoms with Crippen LogP contribution in [0.1, 0.15) is 15.9 Å². The molecule has 1 aliphatic rings. The summed E-state index contributed by atoms with van der Waals surface area (Å²) in [5.74, 6) is -1.20. The fourth-order valence-corrected chi connectivity index (χ4v) is 3.89. The molecule has 1 aromatic rings. The van der Waals surface area contributed by atoms with Crippen LogP contribution in [-0.2, 0) is 25.7 Å². The molecule has 1 fully saturated rings. The topological polar surface area (TPSA) is 98.9 Å². The summed E-state index contributed by atoms with van der Waals surface area (Å²) in [5.41, 5.74) is 3.33. The zero-order valence-corrected chi connectivity index (χ0v) is 15.3. The lowest BCUT2D eigenvalue weighted by atomic mass is 10.1. The fraction of sp³-hybridized carbons (Fsp3) is 0.500. The minimum atomic E-state index is -4.92. The number of hydrogen-bond donors (Lipinski definition) is 1. The van der Waals surface area contributed by atoms with Gasteiger partial charge in [0.1, 0.15) is 0 Å². The van der Waals surface area contributed by atoms with Crippen molar-refractivity contribution >= 4 is 28.4 Å². The van der Waals surface area contributed by atoms with Crippen molar-refractivity contribution in [3.63, 3.8) is 0 Å². The van der Waals surface area contributed by atoms with E-state index >= 15 is 0 Å². The zero-order valence-electron chi connectivity index (χ0n) is 13.7. The SMILES string of the molecule is COC(=O)c1ccc(S(=O)(=O)N2CCOC(CN)C2)cc1C(F)(F)F.Cl. The Morgan fingerprint density at radius 3 is 2.62 bits per heavy atom. The smallest absolute Gasteiger partial charge is 0.417 e. The van der Waals surface area contributed by atoms with Gasteiger partial charge in [0.2, 0.25) is 10.0 Å². The number of nitrogens with two attached hydrogens (primary N) is 1. The minimum Gasteiger partial charge on any atom is -0.465 e. The first-order chi connectivity index (χ1) is 11.6. The first-order valence-corrected chi connectivity index (χ1v) is 8.66. The van der Waals surface area contributed by atoms with E-state index in [1.54, 1.807) is 0 Å². The summed E-state index contributed by atoms with van der Waals surface area (Å²) in [6.45, 7) is 0.118. The second kappa shape index (κ2) is 8.53. The summed E-state index contributed by atoms with van der Waals surface area (Å²) in [4.78, 5) is 10.9. The van der Waals surface area contributed by atoms with Crippen molar-refractivity contribution in [1.82, 2.24) is 4.31 Å². The van der Waals surface area contributed by atoms with Crippen molar-refractivity contribution in [3.8, 4) is 0 Å². The van der Waals surface area contributed by atoms with Crippen LogP contribution in [-0.4, -0.2) is 58.1 Å². The molecular weight excluding hydrogens is 401 g/mol. The number of benzene rings is 1. The lowest BCUT2D eigenvalue weighted by Crippen LogP contribution is -2.48. The molecule has 1 atom stereocenters. The number of halogens is 4. The van der Waals surface area contributed by atoms with E-state index < -0.39 is 44.3 Å². The number of alkyl halides is 3. The van der Waals surface area contributed by atoms with Crippen LogP contribution in [0.5, 0.6) is 0 Å². The zero-order chi connectivity index (χ0) is 18.8. The molecule has 0 spiro atoms. The van der Waals surface area contributed by atoms with Crippen LogP contribution in [0, 0.1) is 0 Å². The maximum atomic E-state index is 13.2. The summed E-state index contributed by atoms with van der Waals surface area (Å²) >= 11 is 0. The van der Waals surface area contributed by atoms with E-state index in [1.165, 1.54) is 0 Å². The summed E-state index contributed by atoms with van der Waals surface area (Å²) < 4.78 is 75.5. The lowest BCUT2D eigenvalue weighted by molar-refractivity contribution is -0.138. The molecule has 1 aromatic carbocycles. The number of hydrogen-bond acceptors (Lipinski definition) is 6. The molecule has 2 N–H and O–H groups in total. The Kier molecular flexibility index (Phi) is 7.42. The van der Waals surface area contributed by atoms with Gasteiger partial charge in [-0.25, -0.2) is 13.2 Å². The predicted molar refractivity (Wildman–Crippen MR) is 87.6 cm³/mol. The van der Waals surface area contributed by atoms with Gasteiger partial charge in [0.15, 0.2) is 0 Å². The standard InChI is InChI=1S/C14H17F3N2O5S.ClH/c1-23-13(20)11-3-2-10(6-12(11)14(15,16)17)25(21,22)19-4-5-24-9(7-18)8-19;/h2-3,6,9H,4-5,7-8,18H2,1H3;1H. The van der Waals surface area contributed by atoms with Gasteiger partial charge in [-0.05, 0) is 18.2 Å². The van der Waals surface area contributed by atoms with Crippen molar-refractivity contribution < 1.29 is 35.9 Å². The van der Waals surface area contributed by atoms with Crippen LogP contribution < -0.4 is 5.73 Å². The molecule has 7 nitrogen and oxygen atoms in total. The Labute approximate surface area is 154 Å². The number of sulfonamides is 1. The Hall–Kier alpha value is -1.40. The van der Waals surface area contributed by atoms with Crippen LogP contribution >= 0.6 is 12.4 Å². The molecule has 1 saturated heterocycles. The number of esters is 1. The molecule has 0 bridgehead atoms. The van der Waals surface area contributed by atoms with E-state index in [1.807, 2.05) is 0 Å². The van der Waals surface area contributed by atoms with E-state index in [4.69, 9.17) is 10.5 Å². The molecule has 0 aromatic heterocycles. The highest BCUT2D eigenvalue weighted by molar-refractivity contribution is 7.89. The summed E-state index contributed by atoms with van der Waals surface area (Å²) in [6.07, 6.45) is -5.44. The molecule has 2 rings (SSSR count). The molecule has 12 heteroatoms. The molecule has 148 valence electrons. The van der Waals surface area contributed by atoms with E-state index in [9.17, 15) is 26.4 Å². The third-order valence-corrected chi connectivity index (χ3v) is 5.57. The number of carbonyl (C=O) groups is 1. The average molecular weight is 419 g/mol. The molecule has 1 unspecified atom stereocenters. The van der Waals surface area contributed by atoms with Gasteiger partial charge in [0, 0.05) is 19.6 Å². The van der Waals surface area contributed by atoms with Crippen molar-refractivity contribution in [3.05, 3.63) is 29.3 Å². The third kappa shape index (κ3) is 4.65. The largest absolute Gasteiger partial charge is 0.465 e. The van der Waals surface area contributed by atoms with Crippen LogP contribution in [0.2, 0.25) is 0 Å². The van der Waals surface area contributed by atoms with Gasteiger partial charge in [0.05, 0.1) is 35.8 Å². The van der Waals surface area contributed by atoms with E-state index in [2.05, 4.69) is 4.74 Å². The highest BCUT2D eigenvalue weighted by atomic mass is 35.5. The number of rotatable bonds is 4. The second-order valence-corrected chi connectivity index (χ2v) is 7.23. The number of nitrogens with zero attached hydrogens (tertiary/aromatic N) is 1. The van der Waals surface area contributed by atoms with E-state index in [0.29, 0.717) is 6.07 Å². The molecule has 0 saturated carbocycles. The molecule has 26 heavy (non-hydrogen) atoms. The monoisotopic (exact) mass is 418 g/mol. The second-order valence-electron chi connectivity index (χ2n) is 5.29. The third-order valence-electron chi connectivity index (χ3n) is 3.70. The van der Waals surface area contributed by atoms with E-state index in [-0.39, 0.29) is 38.6 Å². The maximum absolute atomic E-state index is 13.2. The van der Waals surface area contributed by atoms with Gasteiger partial charge in [-0.2, -0.15) is 17.5 Å². The van der Waals surface area contributed by atoms with E-state index in [0.717, 1.165) is 23.5 Å². The molecule has 1 heterocycles. The van der Waals surface area contributed by atoms with Crippen LogP contribution in [0.3, 0.4) is 0 Å². The molecule has 0 amide bonds. The van der Waals surface area contributed by atoms with Crippen molar-refractivity contribution in [1.29, 1.82) is 0 Å². The summed E-state index contributed by atoms with van der Waals surface area (Å²) in [6, 6.07) is 2.18. The normalized spacial score (nSPS) is 18.9. The highest BCUT2D eigenvalue weighted by Crippen LogP contribution is 2.34. The Morgan fingerprint density at radius 2 is 2.08 bits per heavy atom. The molecular formula is C14H18ClF3N2O5S. The van der Waals surface area contributed by atoms with Gasteiger partial charge in [0.25, 0.3) is 0 Å². The fourth-order valence-electron chi connectivity index (χ4n) is 2.41. The molecule has 1 aliphatic heterocycles. The van der Waals surface area contributed by atoms with Crippen molar-refractivity contribution in [2.45, 2.75) is 17.2 Å². The molecule has 0 radical (unpaired) electrons. The Bertz CT molecular complexity index is 757. The van der Waals surface area contributed by atoms with Gasteiger partial charge in [-0.15, -0.1) is 12.4 Å². The van der Waals surface area contributed by atoms with Crippen LogP contribution in [0.4, 0.5) is 13.2 Å². The number of methoxy groups -OCH3 is 1. The Morgan fingerprint density at radius 1 is 1.42 bits per heavy atom. The Balaban J connectivity index is 0.00000338. The predicted octanol–water partition coefficient (Wildman–Crippen LogP) is 1.26. The lowest BCUT2D eigenvalue weighted by Gasteiger charge is -2.31. The average Bonchev–Trinajstić information content (AvgIpc) is 2.59. The summed E-state index contributed by atoms with van der Waals surface area (Å²) in [7, 11) is -3.25. The van der Waals surface area contributed by atoms with Crippen molar-refractivity contribution in [2.75, 3.05) is 33.4 Å². The van der Waals surface area contributed by atoms with Gasteiger partial charge in [-0.1, -0.05) is 0 Å². The maximum Gasteiger partial charge on any atom is 0.417 e. The van der Waals surface area contributed by atoms with Gasteiger partial charge < -0.3 is 15.2 Å².